The van der Waals surface area contributed by atoms with Gasteiger partial charge in [0.25, 0.3) is 0 Å². The van der Waals surface area contributed by atoms with Gasteiger partial charge in [0, 0.05) is 98.8 Å². The number of hydrogen-bond donors (Lipinski definition) is 0. The second kappa shape index (κ2) is 35.1. The van der Waals surface area contributed by atoms with Crippen LogP contribution in [0.2, 0.25) is 0 Å². The molecule has 0 atom stereocenters. The third kappa shape index (κ3) is 14.6. The average molecular weight is 1820 g/mol. The van der Waals surface area contributed by atoms with Crippen LogP contribution < -0.4 is 0 Å². The Kier molecular flexibility index (Phi) is 20.4. The average Bonchev–Trinajstić information content (AvgIpc) is 1.58. The summed E-state index contributed by atoms with van der Waals surface area (Å²) in [5.74, 6) is 2.12. The lowest BCUT2D eigenvalue weighted by Crippen LogP contribution is -1.99. The first-order chi connectivity index (χ1) is 70.9. The summed E-state index contributed by atoms with van der Waals surface area (Å²) < 4.78 is 7.30. The zero-order valence-electron chi connectivity index (χ0n) is 77.6. The minimum absolute atomic E-state index is 0.698. The van der Waals surface area contributed by atoms with Crippen molar-refractivity contribution in [3.63, 3.8) is 0 Å². The number of fused-ring (bicyclic) bond motifs is 23. The Hall–Kier alpha value is -19.2. The minimum Gasteiger partial charge on any atom is -0.309 e. The molecule has 0 aliphatic heterocycles. The van der Waals surface area contributed by atoms with Crippen LogP contribution in [0.5, 0.6) is 0 Å². The molecule has 143 heavy (non-hydrogen) atoms. The van der Waals surface area contributed by atoms with Gasteiger partial charge in [0.05, 0.1) is 78.6 Å². The normalized spacial score (nSPS) is 11.6. The highest BCUT2D eigenvalue weighted by molar-refractivity contribution is 6.32. The molecule has 0 amide bonds. The first-order valence-corrected chi connectivity index (χ1v) is 48.6. The van der Waals surface area contributed by atoms with Crippen LogP contribution in [0.1, 0.15) is 0 Å². The molecule has 23 aromatic carbocycles. The Morgan fingerprint density at radius 1 is 0.133 bits per heavy atom. The fraction of sp³-hybridized carbons (Fsp3) is 0. The Balaban J connectivity index is 0.000000107. The first kappa shape index (κ1) is 83.2. The molecule has 9 nitrogen and oxygen atoms in total. The van der Waals surface area contributed by atoms with E-state index >= 15 is 0 Å². The summed E-state index contributed by atoms with van der Waals surface area (Å²) in [4.78, 5) is 30.9. The molecule has 666 valence electrons. The van der Waals surface area contributed by atoms with E-state index in [1.165, 1.54) is 135 Å². The molecule has 0 saturated heterocycles. The molecule has 0 radical (unpaired) electrons. The van der Waals surface area contributed by atoms with Crippen molar-refractivity contribution in [2.75, 3.05) is 0 Å². The van der Waals surface area contributed by atoms with E-state index < -0.39 is 0 Å². The molecule has 0 bridgehead atoms. The number of benzene rings is 23. The van der Waals surface area contributed by atoms with E-state index in [2.05, 4.69) is 469 Å². The fourth-order valence-electron chi connectivity index (χ4n) is 21.7. The van der Waals surface area contributed by atoms with E-state index in [1.807, 2.05) is 60.7 Å². The number of rotatable bonds is 12. The van der Waals surface area contributed by atoms with Crippen molar-refractivity contribution >= 4 is 152 Å². The molecule has 0 N–H and O–H groups in total. The predicted octanol–water partition coefficient (Wildman–Crippen LogP) is 34.9. The van der Waals surface area contributed by atoms with Crippen molar-refractivity contribution in [2.45, 2.75) is 0 Å². The lowest BCUT2D eigenvalue weighted by Gasteiger charge is -2.15. The van der Waals surface area contributed by atoms with Crippen molar-refractivity contribution in [3.8, 4) is 119 Å². The van der Waals surface area contributed by atoms with Crippen LogP contribution in [-0.2, 0) is 0 Å². The highest BCUT2D eigenvalue weighted by Crippen LogP contribution is 2.48. The van der Waals surface area contributed by atoms with Gasteiger partial charge in [-0.05, 0) is 179 Å². The second-order valence-corrected chi connectivity index (χ2v) is 36.6. The van der Waals surface area contributed by atoms with Crippen molar-refractivity contribution in [2.24, 2.45) is 0 Å². The molecule has 0 saturated carbocycles. The van der Waals surface area contributed by atoms with Gasteiger partial charge < -0.3 is 13.7 Å². The summed E-state index contributed by atoms with van der Waals surface area (Å²) in [5.41, 5.74) is 25.2. The molecule has 29 aromatic rings. The zero-order valence-corrected chi connectivity index (χ0v) is 77.6. The molecule has 29 rings (SSSR count). The number of hydrogen-bond acceptors (Lipinski definition) is 6. The van der Waals surface area contributed by atoms with Crippen molar-refractivity contribution in [1.29, 1.82) is 0 Å². The fourth-order valence-corrected chi connectivity index (χ4v) is 21.7. The zero-order chi connectivity index (χ0) is 94.4. The highest BCUT2D eigenvalue weighted by Gasteiger charge is 2.26. The van der Waals surface area contributed by atoms with Gasteiger partial charge in [-0.3, -0.25) is 0 Å². The van der Waals surface area contributed by atoms with Crippen LogP contribution in [0.4, 0.5) is 0 Å². The molecule has 0 unspecified atom stereocenters. The highest BCUT2D eigenvalue weighted by atomic mass is 15.0. The van der Waals surface area contributed by atoms with Crippen LogP contribution in [-0.4, -0.2) is 43.6 Å². The van der Waals surface area contributed by atoms with Gasteiger partial charge in [0.15, 0.2) is 17.5 Å². The predicted molar refractivity (Wildman–Crippen MR) is 598 cm³/mol. The van der Waals surface area contributed by atoms with Crippen LogP contribution in [0.3, 0.4) is 0 Å². The third-order valence-corrected chi connectivity index (χ3v) is 28.3. The van der Waals surface area contributed by atoms with Crippen molar-refractivity contribution < 1.29 is 0 Å². The smallest absolute Gasteiger partial charge is 0.161 e. The van der Waals surface area contributed by atoms with Crippen molar-refractivity contribution in [3.05, 3.63) is 516 Å². The second-order valence-electron chi connectivity index (χ2n) is 36.6. The van der Waals surface area contributed by atoms with Gasteiger partial charge in [-0.15, -0.1) is 0 Å². The van der Waals surface area contributed by atoms with Crippen LogP contribution in [0.25, 0.3) is 270 Å². The maximum Gasteiger partial charge on any atom is 0.161 e. The first-order valence-electron chi connectivity index (χ1n) is 48.6. The molecule has 6 heterocycles. The Morgan fingerprint density at radius 3 is 0.692 bits per heavy atom. The van der Waals surface area contributed by atoms with Gasteiger partial charge in [-0.2, -0.15) is 0 Å². The molecule has 9 heteroatoms. The maximum absolute atomic E-state index is 5.21. The lowest BCUT2D eigenvalue weighted by atomic mass is 10.00. The third-order valence-electron chi connectivity index (χ3n) is 28.3. The summed E-state index contributed by atoms with van der Waals surface area (Å²) in [6, 6.07) is 183. The van der Waals surface area contributed by atoms with Crippen LogP contribution >= 0.6 is 0 Å². The van der Waals surface area contributed by atoms with Gasteiger partial charge in [0.1, 0.15) is 0 Å². The SMILES string of the molecule is c1ccc(-c2cc(-c3ccccc3)nc(-c3cc(-n4c5ccc6ccccc6c5c5c6ccccc6ccc54)c4ccccc4c3)n2)cc1.c1ccc(-c2cc(-c3ccccc3)nc(-c3ccc(-n4c5ccc6ccccc6c5c5c6ccccc6ccc54)c4ccccc34)n2)cc1.c1ccc(-c2cc(-c3ccccc3)nc(-c3ccc(-n4c5ccc6ccccc6c5c5c6ccccc6ccc54)cc3)n2)cc1. The number of aromatic nitrogens is 9. The van der Waals surface area contributed by atoms with E-state index in [0.29, 0.717) is 17.5 Å². The number of nitrogens with zero attached hydrogens (tertiary/aromatic N) is 9. The molecule has 6 aromatic heterocycles. The standard InChI is InChI=1S/2C46H29N3.C42H27N3/c1-3-15-32(16-4-1)39-29-40(33-17-5-2-6-18-33)48-46(47-39)35-27-34-19-9-10-20-36(34)43(28-35)49-41-25-23-30-13-7-11-21-37(30)44(41)45-38-22-12-8-14-31(38)24-26-42(45)49;1-3-15-32(16-4-1)39-29-40(33-17-5-2-6-18-33)48-46(47-39)38-25-28-41(37-22-12-11-21-36(37)38)49-42-26-23-30-13-7-9-19-34(30)44(42)45-35-20-10-8-14-31(35)24-27-43(45)49;1-3-13-30(14-4-1)36-27-37(31-15-5-2-6-16-31)44-42(43-36)32-19-23-33(24-20-32)45-38-25-21-28-11-7-9-17-34(28)40(38)41-35-18-10-8-12-29(35)22-26-39(41)45/h2*1-29H;1-27H. The Labute approximate surface area is 823 Å². The van der Waals surface area contributed by atoms with E-state index in [1.54, 1.807) is 0 Å². The topological polar surface area (TPSA) is 92.1 Å². The summed E-state index contributed by atoms with van der Waals surface area (Å²) in [7, 11) is 0. The van der Waals surface area contributed by atoms with Crippen molar-refractivity contribution in [1.82, 2.24) is 43.6 Å². The molecular formula is C134H85N9. The Bertz CT molecular complexity index is 9630. The summed E-state index contributed by atoms with van der Waals surface area (Å²) in [6.45, 7) is 0. The van der Waals surface area contributed by atoms with Gasteiger partial charge in [-0.1, -0.05) is 413 Å². The molecule has 0 spiro atoms. The van der Waals surface area contributed by atoms with Gasteiger partial charge >= 0.3 is 0 Å². The van der Waals surface area contributed by atoms with Crippen LogP contribution in [0, 0.1) is 0 Å². The lowest BCUT2D eigenvalue weighted by molar-refractivity contribution is 1.16. The molecule has 0 aliphatic rings. The summed E-state index contributed by atoms with van der Waals surface area (Å²) in [6.07, 6.45) is 0. The van der Waals surface area contributed by atoms with E-state index in [4.69, 9.17) is 29.9 Å². The quantitative estimate of drug-likeness (QED) is 0.121. The molecule has 0 fully saturated rings. The minimum atomic E-state index is 0.698. The van der Waals surface area contributed by atoms with E-state index in [9.17, 15) is 0 Å². The summed E-state index contributed by atoms with van der Waals surface area (Å²) in [5, 5.41) is 27.3. The Morgan fingerprint density at radius 2 is 0.378 bits per heavy atom. The molecule has 0 aliphatic carbocycles. The molecular weight excluding hydrogens is 1740 g/mol. The van der Waals surface area contributed by atoms with E-state index in [-0.39, 0.29) is 0 Å². The van der Waals surface area contributed by atoms with E-state index in [0.717, 1.165) is 117 Å². The largest absolute Gasteiger partial charge is 0.309 e. The van der Waals surface area contributed by atoms with Gasteiger partial charge in [-0.25, -0.2) is 29.9 Å². The monoisotopic (exact) mass is 1820 g/mol. The maximum atomic E-state index is 5.21. The van der Waals surface area contributed by atoms with Gasteiger partial charge in [0.2, 0.25) is 0 Å². The summed E-state index contributed by atoms with van der Waals surface area (Å²) >= 11 is 0. The van der Waals surface area contributed by atoms with Crippen LogP contribution in [0.15, 0.2) is 516 Å².